The summed E-state index contributed by atoms with van der Waals surface area (Å²) in [5.74, 6) is 0.602. The van der Waals surface area contributed by atoms with Crippen LogP contribution in [0.25, 0.3) is 10.9 Å². The minimum atomic E-state index is -3.96. The zero-order valence-corrected chi connectivity index (χ0v) is 17.8. The molecule has 0 radical (unpaired) electrons. The van der Waals surface area contributed by atoms with Crippen molar-refractivity contribution in [3.05, 3.63) is 90.6 Å². The van der Waals surface area contributed by atoms with Crippen LogP contribution in [-0.4, -0.2) is 18.9 Å². The van der Waals surface area contributed by atoms with Gasteiger partial charge in [-0.25, -0.2) is 13.1 Å². The molecular weight excluding hydrogens is 412 g/mol. The van der Waals surface area contributed by atoms with Crippen molar-refractivity contribution in [2.45, 2.75) is 24.8 Å². The van der Waals surface area contributed by atoms with Crippen molar-refractivity contribution in [2.75, 3.05) is 0 Å². The Morgan fingerprint density at radius 3 is 2.29 bits per heavy atom. The van der Waals surface area contributed by atoms with Gasteiger partial charge in [0.05, 0.1) is 4.90 Å². The summed E-state index contributed by atoms with van der Waals surface area (Å²) in [6, 6.07) is 23.0. The molecule has 1 aromatic heterocycles. The molecule has 0 aliphatic carbocycles. The van der Waals surface area contributed by atoms with Gasteiger partial charge in [0.25, 0.3) is 10.0 Å². The number of nitrogens with one attached hydrogen (secondary N) is 1. The van der Waals surface area contributed by atoms with Crippen LogP contribution in [0.3, 0.4) is 0 Å². The SMILES string of the molecule is Cc1cn(CCC(=O)NS(=O)(=O)c2ccc(Oc3ccccc3)cc2)c2ccccc12. The van der Waals surface area contributed by atoms with Crippen molar-refractivity contribution in [1.82, 2.24) is 9.29 Å². The number of para-hydroxylation sites is 2. The number of benzene rings is 3. The summed E-state index contributed by atoms with van der Waals surface area (Å²) in [6.07, 6.45) is 2.02. The van der Waals surface area contributed by atoms with Crippen LogP contribution >= 0.6 is 0 Å². The summed E-state index contributed by atoms with van der Waals surface area (Å²) >= 11 is 0. The molecule has 1 N–H and O–H groups in total. The van der Waals surface area contributed by atoms with Crippen molar-refractivity contribution < 1.29 is 17.9 Å². The summed E-state index contributed by atoms with van der Waals surface area (Å²) in [7, 11) is -3.96. The predicted molar refractivity (Wildman–Crippen MR) is 120 cm³/mol. The molecule has 0 spiro atoms. The van der Waals surface area contributed by atoms with Gasteiger partial charge in [-0.15, -0.1) is 0 Å². The van der Waals surface area contributed by atoms with Gasteiger partial charge in [-0.1, -0.05) is 36.4 Å². The number of rotatable bonds is 7. The smallest absolute Gasteiger partial charge is 0.264 e. The Bertz CT molecular complexity index is 1310. The number of sulfonamides is 1. The van der Waals surface area contributed by atoms with Gasteiger partial charge in [0.15, 0.2) is 0 Å². The zero-order valence-electron chi connectivity index (χ0n) is 17.0. The Morgan fingerprint density at radius 1 is 0.903 bits per heavy atom. The number of nitrogens with zero attached hydrogens (tertiary/aromatic N) is 1. The first-order chi connectivity index (χ1) is 14.9. The molecule has 4 aromatic rings. The maximum absolute atomic E-state index is 12.6. The lowest BCUT2D eigenvalue weighted by Gasteiger charge is -2.09. The minimum Gasteiger partial charge on any atom is -0.457 e. The Hall–Kier alpha value is -3.58. The van der Waals surface area contributed by atoms with E-state index in [4.69, 9.17) is 4.74 Å². The summed E-state index contributed by atoms with van der Waals surface area (Å²) < 4.78 is 34.9. The van der Waals surface area contributed by atoms with E-state index in [1.165, 1.54) is 12.1 Å². The molecule has 0 fully saturated rings. The Kier molecular flexibility index (Phi) is 5.77. The molecule has 0 saturated heterocycles. The van der Waals surface area contributed by atoms with Gasteiger partial charge in [-0.05, 0) is 55.0 Å². The molecule has 1 heterocycles. The molecule has 158 valence electrons. The van der Waals surface area contributed by atoms with E-state index in [9.17, 15) is 13.2 Å². The van der Waals surface area contributed by atoms with E-state index < -0.39 is 15.9 Å². The molecule has 0 bridgehead atoms. The molecule has 7 heteroatoms. The average Bonchev–Trinajstić information content (AvgIpc) is 3.09. The zero-order chi connectivity index (χ0) is 21.8. The highest BCUT2D eigenvalue weighted by molar-refractivity contribution is 7.90. The van der Waals surface area contributed by atoms with E-state index >= 15 is 0 Å². The average molecular weight is 435 g/mol. The number of hydrogen-bond donors (Lipinski definition) is 1. The number of aryl methyl sites for hydroxylation is 2. The molecule has 4 rings (SSSR count). The van der Waals surface area contributed by atoms with Crippen LogP contribution in [0, 0.1) is 6.92 Å². The topological polar surface area (TPSA) is 77.4 Å². The molecule has 0 aliphatic rings. The van der Waals surface area contributed by atoms with Crippen LogP contribution in [0.1, 0.15) is 12.0 Å². The fraction of sp³-hybridized carbons (Fsp3) is 0.125. The third kappa shape index (κ3) is 4.78. The summed E-state index contributed by atoms with van der Waals surface area (Å²) in [5.41, 5.74) is 2.13. The lowest BCUT2D eigenvalue weighted by atomic mass is 10.2. The van der Waals surface area contributed by atoms with E-state index in [-0.39, 0.29) is 11.3 Å². The van der Waals surface area contributed by atoms with Crippen LogP contribution < -0.4 is 9.46 Å². The number of carbonyl (C=O) groups excluding carboxylic acids is 1. The molecule has 0 aliphatic heterocycles. The van der Waals surface area contributed by atoms with E-state index in [2.05, 4.69) is 4.72 Å². The molecular formula is C24H22N2O4S. The highest BCUT2D eigenvalue weighted by atomic mass is 32.2. The van der Waals surface area contributed by atoms with Crippen LogP contribution in [-0.2, 0) is 21.4 Å². The van der Waals surface area contributed by atoms with Gasteiger partial charge < -0.3 is 9.30 Å². The summed E-state index contributed by atoms with van der Waals surface area (Å²) in [4.78, 5) is 12.3. The predicted octanol–water partition coefficient (Wildman–Crippen LogP) is 4.64. The molecule has 6 nitrogen and oxygen atoms in total. The Morgan fingerprint density at radius 2 is 1.55 bits per heavy atom. The Balaban J connectivity index is 1.39. The fourth-order valence-corrected chi connectivity index (χ4v) is 4.42. The number of ether oxygens (including phenoxy) is 1. The minimum absolute atomic E-state index is 0.00326. The quantitative estimate of drug-likeness (QED) is 0.460. The fourth-order valence-electron chi connectivity index (χ4n) is 3.41. The second-order valence-corrected chi connectivity index (χ2v) is 8.87. The first-order valence-electron chi connectivity index (χ1n) is 9.85. The number of hydrogen-bond acceptors (Lipinski definition) is 4. The summed E-state index contributed by atoms with van der Waals surface area (Å²) in [6.45, 7) is 2.40. The lowest BCUT2D eigenvalue weighted by Crippen LogP contribution is -2.31. The largest absolute Gasteiger partial charge is 0.457 e. The first kappa shape index (κ1) is 20.7. The van der Waals surface area contributed by atoms with Crippen molar-refractivity contribution >= 4 is 26.8 Å². The highest BCUT2D eigenvalue weighted by Crippen LogP contribution is 2.23. The Labute approximate surface area is 181 Å². The molecule has 0 unspecified atom stereocenters. The number of fused-ring (bicyclic) bond motifs is 1. The molecule has 1 amide bonds. The molecule has 0 atom stereocenters. The van der Waals surface area contributed by atoms with Gasteiger partial charge in [0.2, 0.25) is 5.91 Å². The maximum atomic E-state index is 12.6. The van der Waals surface area contributed by atoms with Gasteiger partial charge >= 0.3 is 0 Å². The van der Waals surface area contributed by atoms with Crippen molar-refractivity contribution in [3.8, 4) is 11.5 Å². The van der Waals surface area contributed by atoms with Gasteiger partial charge in [-0.2, -0.15) is 0 Å². The third-order valence-electron chi connectivity index (χ3n) is 4.93. The van der Waals surface area contributed by atoms with Gasteiger partial charge in [-0.3, -0.25) is 4.79 Å². The standard InChI is InChI=1S/C24H22N2O4S/c1-18-17-26(23-10-6-5-9-22(18)23)16-15-24(27)25-31(28,29)21-13-11-20(12-14-21)30-19-7-3-2-4-8-19/h2-14,17H,15-16H2,1H3,(H,25,27). The number of aromatic nitrogens is 1. The lowest BCUT2D eigenvalue weighted by molar-refractivity contribution is -0.119. The normalized spacial score (nSPS) is 11.4. The second kappa shape index (κ2) is 8.65. The molecule has 3 aromatic carbocycles. The van der Waals surface area contributed by atoms with Crippen LogP contribution in [0.5, 0.6) is 11.5 Å². The first-order valence-corrected chi connectivity index (χ1v) is 11.3. The summed E-state index contributed by atoms with van der Waals surface area (Å²) in [5, 5.41) is 1.12. The number of amides is 1. The second-order valence-electron chi connectivity index (χ2n) is 7.19. The van der Waals surface area contributed by atoms with Crippen LogP contribution in [0.4, 0.5) is 0 Å². The molecule has 0 saturated carbocycles. The highest BCUT2D eigenvalue weighted by Gasteiger charge is 2.18. The monoisotopic (exact) mass is 434 g/mol. The van der Waals surface area contributed by atoms with Crippen LogP contribution in [0.2, 0.25) is 0 Å². The van der Waals surface area contributed by atoms with Crippen molar-refractivity contribution in [3.63, 3.8) is 0 Å². The van der Waals surface area contributed by atoms with Gasteiger partial charge in [0, 0.05) is 30.1 Å². The third-order valence-corrected chi connectivity index (χ3v) is 6.32. The number of carbonyl (C=O) groups is 1. The molecule has 31 heavy (non-hydrogen) atoms. The van der Waals surface area contributed by atoms with Crippen molar-refractivity contribution in [2.24, 2.45) is 0 Å². The van der Waals surface area contributed by atoms with E-state index in [0.717, 1.165) is 16.5 Å². The van der Waals surface area contributed by atoms with Crippen LogP contribution in [0.15, 0.2) is 90.0 Å². The van der Waals surface area contributed by atoms with E-state index in [0.29, 0.717) is 18.0 Å². The maximum Gasteiger partial charge on any atom is 0.264 e. The van der Waals surface area contributed by atoms with E-state index in [1.807, 2.05) is 60.2 Å². The van der Waals surface area contributed by atoms with E-state index in [1.54, 1.807) is 24.3 Å². The van der Waals surface area contributed by atoms with Gasteiger partial charge in [0.1, 0.15) is 11.5 Å². The van der Waals surface area contributed by atoms with Crippen molar-refractivity contribution in [1.29, 1.82) is 0 Å².